The summed E-state index contributed by atoms with van der Waals surface area (Å²) < 4.78 is -0.778. The van der Waals surface area contributed by atoms with Crippen LogP contribution in [-0.4, -0.2) is 20.8 Å². The lowest BCUT2D eigenvalue weighted by Gasteiger charge is -2.11. The molecule has 0 unspecified atom stereocenters. The fourth-order valence-electron chi connectivity index (χ4n) is 0. The lowest BCUT2D eigenvalue weighted by Crippen LogP contribution is -2.47. The molecule has 6 heavy (non-hydrogen) atoms. The van der Waals surface area contributed by atoms with Crippen molar-refractivity contribution < 1.29 is 0 Å². The Bertz CT molecular complexity index is 54.3. The molecule has 0 atom stereocenters. The van der Waals surface area contributed by atoms with Crippen LogP contribution in [0.25, 0.3) is 0 Å². The molecule has 0 bridgehead atoms. The summed E-state index contributed by atoms with van der Waals surface area (Å²) in [6.07, 6.45) is 1.46. The van der Waals surface area contributed by atoms with Gasteiger partial charge in [-0.1, -0.05) is 6.08 Å². The summed E-state index contributed by atoms with van der Waals surface area (Å²) in [6, 6.07) is 0. The van der Waals surface area contributed by atoms with E-state index in [0.717, 1.165) is 0 Å². The van der Waals surface area contributed by atoms with Crippen molar-refractivity contribution in [3.8, 4) is 0 Å². The average molecular weight is 98.1 g/mol. The first-order valence-electron chi connectivity index (χ1n) is 1.56. The highest BCUT2D eigenvalue weighted by Crippen LogP contribution is 1.76. The van der Waals surface area contributed by atoms with E-state index in [1.807, 2.05) is 0 Å². The predicted octanol–water partition coefficient (Wildman–Crippen LogP) is -1.09. The molecule has 0 spiro atoms. The topological polar surface area (TPSA) is 52.0 Å². The van der Waals surface area contributed by atoms with Crippen LogP contribution in [0.4, 0.5) is 0 Å². The van der Waals surface area contributed by atoms with E-state index in [-0.39, 0.29) is 0 Å². The smallest absolute Gasteiger partial charge is 0.187 e. The van der Waals surface area contributed by atoms with Crippen molar-refractivity contribution in [3.63, 3.8) is 0 Å². The molecule has 0 saturated heterocycles. The third-order valence-electron chi connectivity index (χ3n) is 0.354. The van der Waals surface area contributed by atoms with Crippen molar-refractivity contribution in [2.75, 3.05) is 0 Å². The van der Waals surface area contributed by atoms with Crippen LogP contribution in [0.1, 0.15) is 0 Å². The van der Waals surface area contributed by atoms with Crippen LogP contribution in [0.5, 0.6) is 0 Å². The van der Waals surface area contributed by atoms with E-state index in [1.165, 1.54) is 6.08 Å². The standard InChI is InChI=1S/C3H7N2.Al/c1-2-3(4)5;/h2H,1,4-5H2;. The molecule has 0 aliphatic heterocycles. The second-order valence-corrected chi connectivity index (χ2v) is 2.20. The molecule has 32 valence electrons. The van der Waals surface area contributed by atoms with Crippen molar-refractivity contribution in [1.29, 1.82) is 0 Å². The number of nitrogens with two attached hydrogens (primary N) is 2. The van der Waals surface area contributed by atoms with Gasteiger partial charge in [0.1, 0.15) is 0 Å². The second kappa shape index (κ2) is 1.76. The summed E-state index contributed by atoms with van der Waals surface area (Å²) in [7, 11) is 0. The molecule has 0 heterocycles. The van der Waals surface area contributed by atoms with Crippen molar-refractivity contribution in [2.45, 2.75) is 4.52 Å². The van der Waals surface area contributed by atoms with E-state index < -0.39 is 4.52 Å². The summed E-state index contributed by atoms with van der Waals surface area (Å²) in [6.45, 7) is 3.36. The zero-order chi connectivity index (χ0) is 5.21. The first-order valence-corrected chi connectivity index (χ1v) is 2.14. The van der Waals surface area contributed by atoms with E-state index in [2.05, 4.69) is 22.9 Å². The summed E-state index contributed by atoms with van der Waals surface area (Å²) >= 11 is 2.23. The fourth-order valence-corrected chi connectivity index (χ4v) is 0. The summed E-state index contributed by atoms with van der Waals surface area (Å²) in [5.41, 5.74) is 10.3. The molecule has 4 N–H and O–H groups in total. The minimum Gasteiger partial charge on any atom is -0.325 e. The summed E-state index contributed by atoms with van der Waals surface area (Å²) in [5, 5.41) is 0. The number of hydrogen-bond acceptors (Lipinski definition) is 2. The maximum atomic E-state index is 5.16. The van der Waals surface area contributed by atoms with E-state index >= 15 is 0 Å². The molecule has 0 saturated carbocycles. The molecule has 0 aromatic heterocycles. The molecule has 2 radical (unpaired) electrons. The van der Waals surface area contributed by atoms with Crippen LogP contribution >= 0.6 is 0 Å². The second-order valence-electron chi connectivity index (χ2n) is 1.20. The normalized spacial score (nSPS) is 11.0. The maximum absolute atomic E-state index is 5.16. The molecule has 0 aliphatic rings. The monoisotopic (exact) mass is 98.0 g/mol. The Labute approximate surface area is 45.6 Å². The Kier molecular flexibility index (Phi) is 1.82. The summed E-state index contributed by atoms with van der Waals surface area (Å²) in [4.78, 5) is 0. The van der Waals surface area contributed by atoms with Crippen LogP contribution in [0.2, 0.25) is 0 Å². The van der Waals surface area contributed by atoms with E-state index in [9.17, 15) is 0 Å². The first kappa shape index (κ1) is 6.19. The molecular weight excluding hydrogens is 91.0 g/mol. The van der Waals surface area contributed by atoms with Crippen molar-refractivity contribution in [1.82, 2.24) is 0 Å². The highest BCUT2D eigenvalue weighted by Gasteiger charge is 1.98. The molecule has 0 amide bonds. The van der Waals surface area contributed by atoms with Gasteiger partial charge in [-0.2, -0.15) is 0 Å². The van der Waals surface area contributed by atoms with Gasteiger partial charge in [0.05, 0.1) is 0 Å². The summed E-state index contributed by atoms with van der Waals surface area (Å²) in [5.74, 6) is 0. The van der Waals surface area contributed by atoms with Gasteiger partial charge in [-0.25, -0.2) is 0 Å². The van der Waals surface area contributed by atoms with Crippen LogP contribution in [0.3, 0.4) is 0 Å². The molecule has 0 aromatic rings. The molecular formula is C3H7AlN2. The van der Waals surface area contributed by atoms with Crippen molar-refractivity contribution in [2.24, 2.45) is 11.5 Å². The van der Waals surface area contributed by atoms with E-state index in [4.69, 9.17) is 11.5 Å². The Hall–Kier alpha value is 0.192. The highest BCUT2D eigenvalue weighted by molar-refractivity contribution is 6.15. The van der Waals surface area contributed by atoms with Crippen molar-refractivity contribution in [3.05, 3.63) is 12.7 Å². The SMILES string of the molecule is C=C[C](N)(N)[Al]. The van der Waals surface area contributed by atoms with Crippen LogP contribution < -0.4 is 11.5 Å². The van der Waals surface area contributed by atoms with Crippen LogP contribution in [-0.2, 0) is 0 Å². The third-order valence-corrected chi connectivity index (χ3v) is 0.589. The molecule has 0 fully saturated rings. The number of hydrogen-bond donors (Lipinski definition) is 2. The van der Waals surface area contributed by atoms with Gasteiger partial charge in [0, 0.05) is 0 Å². The minimum absolute atomic E-state index is 0.778. The maximum Gasteiger partial charge on any atom is 0.187 e. The predicted molar refractivity (Wildman–Crippen MR) is 27.1 cm³/mol. The molecule has 2 nitrogen and oxygen atoms in total. The largest absolute Gasteiger partial charge is 0.325 e. The van der Waals surface area contributed by atoms with Gasteiger partial charge in [-0.15, -0.1) is 6.58 Å². The molecule has 0 rings (SSSR count). The van der Waals surface area contributed by atoms with Crippen molar-refractivity contribution >= 4 is 16.3 Å². The van der Waals surface area contributed by atoms with E-state index in [0.29, 0.717) is 0 Å². The van der Waals surface area contributed by atoms with Gasteiger partial charge in [-0.05, 0) is 4.52 Å². The van der Waals surface area contributed by atoms with Gasteiger partial charge in [0.25, 0.3) is 0 Å². The Morgan fingerprint density at radius 2 is 1.83 bits per heavy atom. The Morgan fingerprint density at radius 3 is 1.83 bits per heavy atom. The number of rotatable bonds is 1. The fraction of sp³-hybridized carbons (Fsp3) is 0.333. The lowest BCUT2D eigenvalue weighted by molar-refractivity contribution is 0.785. The Morgan fingerprint density at radius 1 is 1.67 bits per heavy atom. The quantitative estimate of drug-likeness (QED) is 0.249. The lowest BCUT2D eigenvalue weighted by atomic mass is 10.5. The van der Waals surface area contributed by atoms with Crippen LogP contribution in [0.15, 0.2) is 12.7 Å². The van der Waals surface area contributed by atoms with Gasteiger partial charge in [0.15, 0.2) is 16.3 Å². The average Bonchev–Trinajstić information content (AvgIpc) is 1.35. The third kappa shape index (κ3) is 4.19. The van der Waals surface area contributed by atoms with Gasteiger partial charge >= 0.3 is 0 Å². The van der Waals surface area contributed by atoms with E-state index in [1.54, 1.807) is 0 Å². The Balaban J connectivity index is 3.45. The van der Waals surface area contributed by atoms with Gasteiger partial charge in [-0.3, -0.25) is 0 Å². The van der Waals surface area contributed by atoms with Crippen LogP contribution in [0, 0.1) is 0 Å². The van der Waals surface area contributed by atoms with Gasteiger partial charge < -0.3 is 11.5 Å². The highest BCUT2D eigenvalue weighted by atomic mass is 27.0. The zero-order valence-electron chi connectivity index (χ0n) is 3.52. The minimum atomic E-state index is -0.778. The first-order chi connectivity index (χ1) is 2.56. The molecule has 0 aromatic carbocycles. The molecule has 0 aliphatic carbocycles. The zero-order valence-corrected chi connectivity index (χ0v) is 4.67. The van der Waals surface area contributed by atoms with Gasteiger partial charge in [0.2, 0.25) is 0 Å². The molecule has 3 heteroatoms.